The molecule has 156 valence electrons. The predicted octanol–water partition coefficient (Wildman–Crippen LogP) is 4.55. The van der Waals surface area contributed by atoms with Gasteiger partial charge in [-0.15, -0.1) is 0 Å². The fourth-order valence-corrected chi connectivity index (χ4v) is 3.48. The fourth-order valence-electron chi connectivity index (χ4n) is 2.57. The van der Waals surface area contributed by atoms with E-state index in [-0.39, 0.29) is 4.90 Å². The molecule has 0 radical (unpaired) electrons. The maximum Gasteiger partial charge on any atom is 0.276 e. The van der Waals surface area contributed by atoms with E-state index in [2.05, 4.69) is 9.93 Å². The first kappa shape index (κ1) is 21.7. The molecule has 0 fully saturated rings. The van der Waals surface area contributed by atoms with Gasteiger partial charge >= 0.3 is 0 Å². The second-order valence-corrected chi connectivity index (χ2v) is 8.59. The van der Waals surface area contributed by atoms with Crippen molar-refractivity contribution in [2.45, 2.75) is 18.4 Å². The quantitative estimate of drug-likeness (QED) is 0.408. The Morgan fingerprint density at radius 2 is 1.70 bits per heavy atom. The lowest BCUT2D eigenvalue weighted by Gasteiger charge is -2.11. The number of hydrogen-bond acceptors (Lipinski definition) is 5. The molecule has 0 heterocycles. The van der Waals surface area contributed by atoms with Crippen molar-refractivity contribution in [3.05, 3.63) is 88.4 Å². The van der Waals surface area contributed by atoms with E-state index in [4.69, 9.17) is 21.1 Å². The monoisotopic (exact) mass is 444 g/mol. The van der Waals surface area contributed by atoms with Crippen molar-refractivity contribution in [2.75, 3.05) is 7.11 Å². The summed E-state index contributed by atoms with van der Waals surface area (Å²) in [5.74, 6) is 1.07. The smallest absolute Gasteiger partial charge is 0.276 e. The Morgan fingerprint density at radius 1 is 1.00 bits per heavy atom. The molecular weight excluding hydrogens is 424 g/mol. The average molecular weight is 445 g/mol. The van der Waals surface area contributed by atoms with Crippen LogP contribution in [0.25, 0.3) is 0 Å². The number of hydrogen-bond donors (Lipinski definition) is 1. The van der Waals surface area contributed by atoms with E-state index >= 15 is 0 Å². The van der Waals surface area contributed by atoms with Crippen LogP contribution >= 0.6 is 11.6 Å². The van der Waals surface area contributed by atoms with E-state index in [1.807, 2.05) is 19.1 Å². The number of sulfonamides is 1. The van der Waals surface area contributed by atoms with Crippen LogP contribution in [0.2, 0.25) is 5.02 Å². The highest BCUT2D eigenvalue weighted by Crippen LogP contribution is 2.28. The van der Waals surface area contributed by atoms with Crippen LogP contribution in [-0.2, 0) is 16.6 Å². The number of nitrogens with one attached hydrogen (secondary N) is 1. The molecule has 8 heteroatoms. The highest BCUT2D eigenvalue weighted by Gasteiger charge is 2.12. The Morgan fingerprint density at radius 3 is 2.37 bits per heavy atom. The molecule has 0 spiro atoms. The number of methoxy groups -OCH3 is 1. The largest absolute Gasteiger partial charge is 0.493 e. The molecule has 0 atom stereocenters. The van der Waals surface area contributed by atoms with Crippen LogP contribution in [0, 0.1) is 6.92 Å². The number of nitrogens with zero attached hydrogens (tertiary/aromatic N) is 1. The summed E-state index contributed by atoms with van der Waals surface area (Å²) in [4.78, 5) is 2.35. The molecule has 0 unspecified atom stereocenters. The summed E-state index contributed by atoms with van der Waals surface area (Å²) >= 11 is 5.89. The molecule has 3 rings (SSSR count). The zero-order valence-corrected chi connectivity index (χ0v) is 18.1. The summed E-state index contributed by atoms with van der Waals surface area (Å²) in [6.07, 6.45) is 1.40. The van der Waals surface area contributed by atoms with Crippen LogP contribution in [0.3, 0.4) is 0 Å². The van der Waals surface area contributed by atoms with E-state index in [0.29, 0.717) is 28.7 Å². The van der Waals surface area contributed by atoms with Gasteiger partial charge in [-0.25, -0.2) is 4.83 Å². The zero-order valence-electron chi connectivity index (χ0n) is 16.5. The Balaban J connectivity index is 1.66. The van der Waals surface area contributed by atoms with Gasteiger partial charge in [0.1, 0.15) is 6.61 Å². The van der Waals surface area contributed by atoms with Crippen molar-refractivity contribution >= 4 is 27.8 Å². The number of rotatable bonds is 8. The molecule has 0 aliphatic heterocycles. The van der Waals surface area contributed by atoms with Crippen LogP contribution in [0.15, 0.2) is 76.7 Å². The summed E-state index contributed by atoms with van der Waals surface area (Å²) in [5, 5.41) is 4.51. The predicted molar refractivity (Wildman–Crippen MR) is 118 cm³/mol. The normalized spacial score (nSPS) is 11.4. The maximum absolute atomic E-state index is 12.3. The van der Waals surface area contributed by atoms with Crippen molar-refractivity contribution in [3.8, 4) is 11.5 Å². The van der Waals surface area contributed by atoms with Crippen molar-refractivity contribution in [1.82, 2.24) is 4.83 Å². The van der Waals surface area contributed by atoms with Crippen LogP contribution in [-0.4, -0.2) is 21.7 Å². The molecule has 0 aliphatic carbocycles. The van der Waals surface area contributed by atoms with Crippen molar-refractivity contribution in [3.63, 3.8) is 0 Å². The van der Waals surface area contributed by atoms with Crippen molar-refractivity contribution in [2.24, 2.45) is 5.10 Å². The van der Waals surface area contributed by atoms with Crippen molar-refractivity contribution in [1.29, 1.82) is 0 Å². The van der Waals surface area contributed by atoms with Gasteiger partial charge in [0, 0.05) is 5.02 Å². The minimum atomic E-state index is -3.73. The third-order valence-corrected chi connectivity index (χ3v) is 5.70. The summed E-state index contributed by atoms with van der Waals surface area (Å²) in [6.45, 7) is 2.25. The van der Waals surface area contributed by atoms with Gasteiger partial charge < -0.3 is 9.47 Å². The molecule has 3 aromatic carbocycles. The van der Waals surface area contributed by atoms with E-state index in [1.165, 1.54) is 25.5 Å². The number of ether oxygens (including phenoxy) is 2. The van der Waals surface area contributed by atoms with Gasteiger partial charge in [0.05, 0.1) is 18.2 Å². The molecule has 0 saturated carbocycles. The first-order chi connectivity index (χ1) is 14.4. The van der Waals surface area contributed by atoms with Gasteiger partial charge in [-0.05, 0) is 60.5 Å². The lowest BCUT2D eigenvalue weighted by molar-refractivity contribution is 0.284. The highest BCUT2D eigenvalue weighted by atomic mass is 35.5. The summed E-state index contributed by atoms with van der Waals surface area (Å²) < 4.78 is 35.7. The van der Waals surface area contributed by atoms with Crippen LogP contribution < -0.4 is 14.3 Å². The SMILES string of the molecule is COc1cc(C=NNS(=O)(=O)c2ccc(C)cc2)ccc1OCc1ccc(Cl)cc1. The zero-order chi connectivity index (χ0) is 21.6. The van der Waals surface area contributed by atoms with Crippen molar-refractivity contribution < 1.29 is 17.9 Å². The minimum absolute atomic E-state index is 0.147. The minimum Gasteiger partial charge on any atom is -0.493 e. The van der Waals surface area contributed by atoms with E-state index in [9.17, 15) is 8.42 Å². The average Bonchev–Trinajstić information content (AvgIpc) is 2.74. The topological polar surface area (TPSA) is 77.0 Å². The lowest BCUT2D eigenvalue weighted by atomic mass is 10.2. The molecule has 0 aliphatic rings. The van der Waals surface area contributed by atoms with E-state index in [1.54, 1.807) is 42.5 Å². The molecule has 3 aromatic rings. The van der Waals surface area contributed by atoms with E-state index in [0.717, 1.165) is 11.1 Å². The number of benzene rings is 3. The van der Waals surface area contributed by atoms with Gasteiger partial charge in [-0.1, -0.05) is 41.4 Å². The third-order valence-electron chi connectivity index (χ3n) is 4.21. The number of halogens is 1. The van der Waals surface area contributed by atoms with Gasteiger partial charge in [0.15, 0.2) is 11.5 Å². The second-order valence-electron chi connectivity index (χ2n) is 6.49. The van der Waals surface area contributed by atoms with Gasteiger partial charge in [-0.3, -0.25) is 0 Å². The molecule has 0 amide bonds. The van der Waals surface area contributed by atoms with Gasteiger partial charge in [-0.2, -0.15) is 13.5 Å². The van der Waals surface area contributed by atoms with E-state index < -0.39 is 10.0 Å². The van der Waals surface area contributed by atoms with Crippen LogP contribution in [0.1, 0.15) is 16.7 Å². The highest BCUT2D eigenvalue weighted by molar-refractivity contribution is 7.89. The molecular formula is C22H21ClN2O4S. The molecule has 0 saturated heterocycles. The number of aryl methyl sites for hydroxylation is 1. The molecule has 0 bridgehead atoms. The Hall–Kier alpha value is -3.03. The lowest BCUT2D eigenvalue weighted by Crippen LogP contribution is -2.18. The number of hydrazone groups is 1. The summed E-state index contributed by atoms with van der Waals surface area (Å²) in [5.41, 5.74) is 2.60. The van der Waals surface area contributed by atoms with Gasteiger partial charge in [0.2, 0.25) is 0 Å². The Labute approximate surface area is 181 Å². The summed E-state index contributed by atoms with van der Waals surface area (Å²) in [7, 11) is -2.19. The molecule has 1 N–H and O–H groups in total. The second kappa shape index (κ2) is 9.65. The molecule has 6 nitrogen and oxygen atoms in total. The van der Waals surface area contributed by atoms with Crippen LogP contribution in [0.5, 0.6) is 11.5 Å². The van der Waals surface area contributed by atoms with Gasteiger partial charge in [0.25, 0.3) is 10.0 Å². The Kier molecular flexibility index (Phi) is 6.97. The third kappa shape index (κ3) is 5.75. The Bertz CT molecular complexity index is 1130. The maximum atomic E-state index is 12.3. The first-order valence-electron chi connectivity index (χ1n) is 9.04. The summed E-state index contributed by atoms with van der Waals surface area (Å²) in [6, 6.07) is 19.1. The first-order valence-corrected chi connectivity index (χ1v) is 10.9. The molecule has 30 heavy (non-hydrogen) atoms. The standard InChI is InChI=1S/C22H21ClN2O4S/c1-16-3-10-20(11-4-16)30(26,27)25-24-14-18-7-12-21(22(13-18)28-2)29-15-17-5-8-19(23)9-6-17/h3-14,25H,15H2,1-2H3. The van der Waals surface area contributed by atoms with Crippen LogP contribution in [0.4, 0.5) is 0 Å². The molecule has 0 aromatic heterocycles. The fraction of sp³-hybridized carbons (Fsp3) is 0.136.